The number of alkyl halides is 3. The molecule has 3 rings (SSSR count). The van der Waals surface area contributed by atoms with Crippen molar-refractivity contribution in [2.45, 2.75) is 82.1 Å². The highest BCUT2D eigenvalue weighted by Gasteiger charge is 2.45. The normalized spacial score (nSPS) is 21.0. The van der Waals surface area contributed by atoms with E-state index in [2.05, 4.69) is 5.32 Å². The molecule has 1 heterocycles. The fourth-order valence-corrected chi connectivity index (χ4v) is 6.48. The Morgan fingerprint density at radius 2 is 1.91 bits per heavy atom. The average Bonchev–Trinajstić information content (AvgIpc) is 3.57. The Bertz CT molecular complexity index is 932. The van der Waals surface area contributed by atoms with Crippen molar-refractivity contribution in [2.75, 3.05) is 19.6 Å². The van der Waals surface area contributed by atoms with Gasteiger partial charge in [0.25, 0.3) is 0 Å². The molecule has 1 saturated heterocycles. The number of rotatable bonds is 9. The molecule has 1 amide bonds. The molecule has 0 aromatic heterocycles. The summed E-state index contributed by atoms with van der Waals surface area (Å²) < 4.78 is 67.9. The predicted molar refractivity (Wildman–Crippen MR) is 120 cm³/mol. The van der Waals surface area contributed by atoms with E-state index in [0.717, 1.165) is 12.1 Å². The van der Waals surface area contributed by atoms with Gasteiger partial charge in [0.05, 0.1) is 16.5 Å². The van der Waals surface area contributed by atoms with Crippen LogP contribution in [0.15, 0.2) is 29.2 Å². The van der Waals surface area contributed by atoms with Gasteiger partial charge in [0.1, 0.15) is 0 Å². The number of hydrogen-bond acceptors (Lipinski definition) is 4. The van der Waals surface area contributed by atoms with Crippen LogP contribution in [0.1, 0.15) is 58.4 Å². The zero-order chi connectivity index (χ0) is 24.4. The summed E-state index contributed by atoms with van der Waals surface area (Å²) in [7, 11) is -4.14. The van der Waals surface area contributed by atoms with Crippen LogP contribution in [0.25, 0.3) is 0 Å². The van der Waals surface area contributed by atoms with Crippen molar-refractivity contribution < 1.29 is 26.4 Å². The molecule has 1 aromatic rings. The lowest BCUT2D eigenvalue weighted by atomic mass is 10.00. The number of sulfonamides is 1. The van der Waals surface area contributed by atoms with E-state index in [1.54, 1.807) is 4.90 Å². The van der Waals surface area contributed by atoms with Crippen molar-refractivity contribution in [2.24, 2.45) is 5.92 Å². The number of nitrogens with zero attached hydrogens (tertiary/aromatic N) is 2. The van der Waals surface area contributed by atoms with Crippen molar-refractivity contribution in [1.82, 2.24) is 14.5 Å². The number of carbonyl (C=O) groups excluding carboxylic acids is 1. The number of amides is 1. The van der Waals surface area contributed by atoms with E-state index >= 15 is 0 Å². The summed E-state index contributed by atoms with van der Waals surface area (Å²) in [5.41, 5.74) is -0.984. The number of nitrogens with one attached hydrogen (secondary N) is 1. The van der Waals surface area contributed by atoms with Crippen LogP contribution in [0.4, 0.5) is 13.2 Å². The molecule has 1 N–H and O–H groups in total. The monoisotopic (exact) mass is 489 g/mol. The van der Waals surface area contributed by atoms with Crippen molar-refractivity contribution in [3.8, 4) is 0 Å². The number of piperidine rings is 1. The molecule has 0 spiro atoms. The van der Waals surface area contributed by atoms with E-state index in [-0.39, 0.29) is 29.4 Å². The number of likely N-dealkylation sites (N-methyl/N-ethyl adjacent to an activating group) is 1. The molecular weight excluding hydrogens is 455 g/mol. The molecule has 0 bridgehead atoms. The Balaban J connectivity index is 1.84. The third kappa shape index (κ3) is 6.27. The molecule has 2 fully saturated rings. The van der Waals surface area contributed by atoms with Crippen molar-refractivity contribution in [3.63, 3.8) is 0 Å². The first-order valence-electron chi connectivity index (χ1n) is 11.7. The Labute approximate surface area is 194 Å². The minimum Gasteiger partial charge on any atom is -0.340 e. The van der Waals surface area contributed by atoms with E-state index in [9.17, 15) is 26.4 Å². The molecular formula is C23H34F3N3O3S. The van der Waals surface area contributed by atoms with E-state index in [1.165, 1.54) is 10.4 Å². The van der Waals surface area contributed by atoms with Crippen molar-refractivity contribution in [3.05, 3.63) is 29.8 Å². The third-order valence-electron chi connectivity index (χ3n) is 6.17. The summed E-state index contributed by atoms with van der Waals surface area (Å²) in [6, 6.07) is 2.92. The maximum atomic E-state index is 13.5. The molecule has 186 valence electrons. The van der Waals surface area contributed by atoms with E-state index in [4.69, 9.17) is 0 Å². The summed E-state index contributed by atoms with van der Waals surface area (Å²) in [6.45, 7) is 7.50. The molecule has 1 saturated carbocycles. The lowest BCUT2D eigenvalue weighted by Gasteiger charge is -2.40. The van der Waals surface area contributed by atoms with Gasteiger partial charge in [0, 0.05) is 25.2 Å². The summed E-state index contributed by atoms with van der Waals surface area (Å²) in [5, 5.41) is 3.24. The second kappa shape index (κ2) is 10.3. The number of hydrogen-bond donors (Lipinski definition) is 1. The molecule has 0 radical (unpaired) electrons. The van der Waals surface area contributed by atoms with Crippen LogP contribution in [0.5, 0.6) is 0 Å². The van der Waals surface area contributed by atoms with Crippen LogP contribution in [-0.4, -0.2) is 61.3 Å². The minimum absolute atomic E-state index is 0.0394. The van der Waals surface area contributed by atoms with E-state index < -0.39 is 27.8 Å². The number of carbonyl (C=O) groups is 1. The Hall–Kier alpha value is -1.65. The lowest BCUT2D eigenvalue weighted by Crippen LogP contribution is -2.56. The maximum Gasteiger partial charge on any atom is 0.416 e. The molecule has 1 aromatic carbocycles. The smallest absolute Gasteiger partial charge is 0.340 e. The van der Waals surface area contributed by atoms with Crippen molar-refractivity contribution in [1.29, 1.82) is 0 Å². The Morgan fingerprint density at radius 1 is 1.21 bits per heavy atom. The van der Waals surface area contributed by atoms with Gasteiger partial charge in [-0.05, 0) is 62.8 Å². The van der Waals surface area contributed by atoms with Gasteiger partial charge in [-0.3, -0.25) is 4.79 Å². The first-order chi connectivity index (χ1) is 15.4. The van der Waals surface area contributed by atoms with Crippen molar-refractivity contribution >= 4 is 15.9 Å². The van der Waals surface area contributed by atoms with Gasteiger partial charge in [0.2, 0.25) is 15.9 Å². The van der Waals surface area contributed by atoms with Gasteiger partial charge < -0.3 is 10.2 Å². The van der Waals surface area contributed by atoms with Gasteiger partial charge in [-0.15, -0.1) is 0 Å². The summed E-state index contributed by atoms with van der Waals surface area (Å²) >= 11 is 0. The number of benzene rings is 1. The van der Waals surface area contributed by atoms with Crippen LogP contribution in [-0.2, 0) is 21.0 Å². The van der Waals surface area contributed by atoms with E-state index in [1.807, 2.05) is 20.8 Å². The summed E-state index contributed by atoms with van der Waals surface area (Å²) in [6.07, 6.45) is -1.36. The number of halogens is 3. The quantitative estimate of drug-likeness (QED) is 0.572. The van der Waals surface area contributed by atoms with Crippen LogP contribution in [0.2, 0.25) is 0 Å². The fourth-order valence-electron chi connectivity index (χ4n) is 4.55. The second-order valence-electron chi connectivity index (χ2n) is 9.41. The topological polar surface area (TPSA) is 69.7 Å². The van der Waals surface area contributed by atoms with Crippen LogP contribution in [0, 0.1) is 5.92 Å². The molecule has 2 aliphatic rings. The Morgan fingerprint density at radius 3 is 2.48 bits per heavy atom. The zero-order valence-electron chi connectivity index (χ0n) is 19.4. The third-order valence-corrected chi connectivity index (χ3v) is 8.17. The second-order valence-corrected chi connectivity index (χ2v) is 11.3. The predicted octanol–water partition coefficient (Wildman–Crippen LogP) is 3.87. The van der Waals surface area contributed by atoms with Crippen LogP contribution in [0.3, 0.4) is 0 Å². The van der Waals surface area contributed by atoms with Gasteiger partial charge in [-0.2, -0.15) is 17.5 Å². The summed E-state index contributed by atoms with van der Waals surface area (Å²) in [5.74, 6) is 0.283. The highest BCUT2D eigenvalue weighted by molar-refractivity contribution is 7.89. The first kappa shape index (κ1) is 26.0. The van der Waals surface area contributed by atoms with Gasteiger partial charge >= 0.3 is 6.18 Å². The highest BCUT2D eigenvalue weighted by Crippen LogP contribution is 2.38. The lowest BCUT2D eigenvalue weighted by molar-refractivity contribution is -0.138. The average molecular weight is 490 g/mol. The number of likely N-dealkylation sites (tertiary alicyclic amines) is 1. The van der Waals surface area contributed by atoms with Crippen LogP contribution >= 0.6 is 0 Å². The standard InChI is InChI=1S/C23H34F3N3O3S/c1-4-27-21(13-16(2)3)22(30)28-12-6-8-19(15-28)29(18-10-11-18)33(31,32)20-9-5-7-17(14-20)23(24,25)26/h5,7,9,14,16,18-19,21,27H,4,6,8,10-13,15H2,1-3H3/t19?,21-/m0/s1. The molecule has 2 atom stereocenters. The Kier molecular flexibility index (Phi) is 8.11. The molecule has 1 aliphatic heterocycles. The first-order valence-corrected chi connectivity index (χ1v) is 13.1. The largest absolute Gasteiger partial charge is 0.416 e. The zero-order valence-corrected chi connectivity index (χ0v) is 20.3. The van der Waals surface area contributed by atoms with Gasteiger partial charge in [-0.1, -0.05) is 26.8 Å². The fraction of sp³-hybridized carbons (Fsp3) is 0.696. The van der Waals surface area contributed by atoms with Crippen LogP contribution < -0.4 is 5.32 Å². The molecule has 1 unspecified atom stereocenters. The SMILES string of the molecule is CCN[C@@H](CC(C)C)C(=O)N1CCCC(N(C2CC2)S(=O)(=O)c2cccc(C(F)(F)F)c2)C1. The van der Waals surface area contributed by atoms with Gasteiger partial charge in [0.15, 0.2) is 0 Å². The molecule has 33 heavy (non-hydrogen) atoms. The molecule has 6 nitrogen and oxygen atoms in total. The maximum absolute atomic E-state index is 13.5. The molecule has 1 aliphatic carbocycles. The summed E-state index contributed by atoms with van der Waals surface area (Å²) in [4.78, 5) is 14.6. The minimum atomic E-state index is -4.62. The highest BCUT2D eigenvalue weighted by atomic mass is 32.2. The van der Waals surface area contributed by atoms with E-state index in [0.29, 0.717) is 57.2 Å². The van der Waals surface area contributed by atoms with Gasteiger partial charge in [-0.25, -0.2) is 8.42 Å². The molecule has 10 heteroatoms.